The number of nitriles is 1. The molecular weight excluding hydrogens is 388 g/mol. The van der Waals surface area contributed by atoms with Crippen LogP contribution in [-0.4, -0.2) is 34.2 Å². The summed E-state index contributed by atoms with van der Waals surface area (Å²) < 4.78 is 28.6. The average Bonchev–Trinajstić information content (AvgIpc) is 3.05. The minimum Gasteiger partial charge on any atom is -0.351 e. The van der Waals surface area contributed by atoms with E-state index in [0.29, 0.717) is 6.54 Å². The number of hydrogen-bond acceptors (Lipinski definition) is 4. The first kappa shape index (κ1) is 20.2. The van der Waals surface area contributed by atoms with E-state index in [1.165, 1.54) is 23.1 Å². The molecule has 6 nitrogen and oxygen atoms in total. The second-order valence-corrected chi connectivity index (χ2v) is 8.69. The normalized spacial score (nSPS) is 23.1. The van der Waals surface area contributed by atoms with Crippen molar-refractivity contribution in [3.8, 4) is 17.3 Å². The lowest BCUT2D eigenvalue weighted by molar-refractivity contribution is 0.138. The molecule has 2 N–H and O–H groups in total. The third-order valence-electron chi connectivity index (χ3n) is 7.10. The van der Waals surface area contributed by atoms with Gasteiger partial charge in [0.2, 0.25) is 0 Å². The van der Waals surface area contributed by atoms with Gasteiger partial charge in [0.25, 0.3) is 0 Å². The van der Waals surface area contributed by atoms with Crippen molar-refractivity contribution in [2.45, 2.75) is 44.4 Å². The predicted octanol–water partition coefficient (Wildman–Crippen LogP) is 3.87. The van der Waals surface area contributed by atoms with Crippen molar-refractivity contribution in [1.82, 2.24) is 15.1 Å². The van der Waals surface area contributed by atoms with Gasteiger partial charge >= 0.3 is 6.03 Å². The van der Waals surface area contributed by atoms with Gasteiger partial charge in [0.1, 0.15) is 11.6 Å². The molecule has 1 unspecified atom stereocenters. The zero-order valence-electron chi connectivity index (χ0n) is 17.0. The van der Waals surface area contributed by atoms with Crippen molar-refractivity contribution < 1.29 is 13.6 Å². The Morgan fingerprint density at radius 3 is 2.67 bits per heavy atom. The van der Waals surface area contributed by atoms with Crippen molar-refractivity contribution >= 4 is 6.03 Å². The Morgan fingerprint density at radius 1 is 1.33 bits per heavy atom. The summed E-state index contributed by atoms with van der Waals surface area (Å²) in [4.78, 5) is 13.5. The number of rotatable bonds is 5. The Labute approximate surface area is 173 Å². The molecule has 1 aromatic carbocycles. The highest BCUT2D eigenvalue weighted by molar-refractivity contribution is 5.72. The van der Waals surface area contributed by atoms with Gasteiger partial charge in [-0.1, -0.05) is 19.9 Å². The Kier molecular flexibility index (Phi) is 4.72. The van der Waals surface area contributed by atoms with Gasteiger partial charge in [0.05, 0.1) is 29.4 Å². The number of benzene rings is 1. The van der Waals surface area contributed by atoms with E-state index in [-0.39, 0.29) is 35.6 Å². The molecule has 0 saturated heterocycles. The fourth-order valence-electron chi connectivity index (χ4n) is 5.42. The van der Waals surface area contributed by atoms with Crippen molar-refractivity contribution in [2.24, 2.45) is 11.1 Å². The number of halogens is 2. The van der Waals surface area contributed by atoms with Gasteiger partial charge in [0.15, 0.2) is 0 Å². The molecule has 2 amide bonds. The maximum Gasteiger partial charge on any atom is 0.314 e. The lowest BCUT2D eigenvalue weighted by atomic mass is 9.68. The van der Waals surface area contributed by atoms with Gasteiger partial charge in [-0.25, -0.2) is 13.6 Å². The molecule has 30 heavy (non-hydrogen) atoms. The topological polar surface area (TPSA) is 95.9 Å². The summed E-state index contributed by atoms with van der Waals surface area (Å²) in [5, 5.41) is 17.5. The largest absolute Gasteiger partial charge is 0.351 e. The molecule has 1 saturated carbocycles. The van der Waals surface area contributed by atoms with Gasteiger partial charge in [-0.05, 0) is 47.9 Å². The Morgan fingerprint density at radius 2 is 2.03 bits per heavy atom. The summed E-state index contributed by atoms with van der Waals surface area (Å²) in [6.45, 7) is 4.83. The molecule has 4 rings (SSSR count). The third kappa shape index (κ3) is 2.76. The van der Waals surface area contributed by atoms with E-state index in [4.69, 9.17) is 11.0 Å². The van der Waals surface area contributed by atoms with Crippen molar-refractivity contribution in [1.29, 1.82) is 5.26 Å². The summed E-state index contributed by atoms with van der Waals surface area (Å²) in [5.74, 6) is -1.24. The molecule has 2 aliphatic rings. The first-order valence-corrected chi connectivity index (χ1v) is 9.97. The monoisotopic (exact) mass is 411 g/mol. The van der Waals surface area contributed by atoms with E-state index in [1.807, 2.05) is 6.07 Å². The van der Waals surface area contributed by atoms with Crippen LogP contribution in [0, 0.1) is 28.4 Å². The summed E-state index contributed by atoms with van der Waals surface area (Å²) in [7, 11) is 0. The van der Waals surface area contributed by atoms with Crippen LogP contribution in [0.5, 0.6) is 0 Å². The van der Waals surface area contributed by atoms with Crippen LogP contribution < -0.4 is 5.73 Å². The van der Waals surface area contributed by atoms with Crippen molar-refractivity contribution in [2.75, 3.05) is 13.1 Å². The van der Waals surface area contributed by atoms with Crippen LogP contribution in [0.1, 0.15) is 50.3 Å². The summed E-state index contributed by atoms with van der Waals surface area (Å²) in [5.41, 5.74) is 6.51. The number of urea groups is 1. The number of primary amides is 1. The van der Waals surface area contributed by atoms with Crippen LogP contribution in [-0.2, 0) is 5.41 Å². The number of carbonyl (C=O) groups is 1. The number of fused-ring (bicyclic) bond motifs is 5. The second-order valence-electron chi connectivity index (χ2n) is 8.69. The Balaban J connectivity index is 1.79. The maximum atomic E-state index is 14.3. The fraction of sp³-hybridized carbons (Fsp3) is 0.455. The third-order valence-corrected chi connectivity index (χ3v) is 7.10. The minimum absolute atomic E-state index is 0.127. The van der Waals surface area contributed by atoms with Crippen LogP contribution in [0.4, 0.5) is 13.6 Å². The molecule has 1 aromatic heterocycles. The molecule has 2 aromatic rings. The van der Waals surface area contributed by atoms with Gasteiger partial charge in [0, 0.05) is 18.5 Å². The average molecular weight is 411 g/mol. The molecule has 1 heterocycles. The van der Waals surface area contributed by atoms with Crippen LogP contribution in [0.3, 0.4) is 0 Å². The van der Waals surface area contributed by atoms with E-state index in [9.17, 15) is 13.6 Å². The van der Waals surface area contributed by atoms with Crippen molar-refractivity contribution in [3.63, 3.8) is 0 Å². The number of hydrogen-bond donors (Lipinski definition) is 1. The second kappa shape index (κ2) is 7.01. The van der Waals surface area contributed by atoms with E-state index in [2.05, 4.69) is 24.0 Å². The lowest BCUT2D eigenvalue weighted by Crippen LogP contribution is -2.50. The first-order chi connectivity index (χ1) is 14.2. The van der Waals surface area contributed by atoms with Gasteiger partial charge < -0.3 is 10.6 Å². The molecular formula is C22H23F2N5O. The summed E-state index contributed by atoms with van der Waals surface area (Å²) in [6, 6.07) is 6.92. The number of nitrogens with zero attached hydrogens (tertiary/aromatic N) is 4. The zero-order chi connectivity index (χ0) is 21.7. The standard InChI is InChI=1S/C22H23F2N5O/c1-21(2)14-7-8-22(21,12-29(20(26)30)10-4-9-25)19-13(14)11-17(27-28-19)18-15(23)5-3-6-16(18)24/h3,5-6,11,14H,4,7-8,10,12H2,1-2H3,(H2,26,30)/t14-,22?/m0/s1. The van der Waals surface area contributed by atoms with Gasteiger partial charge in [-0.15, -0.1) is 0 Å². The van der Waals surface area contributed by atoms with Crippen LogP contribution in [0.15, 0.2) is 24.3 Å². The molecule has 2 bridgehead atoms. The molecule has 156 valence electrons. The summed E-state index contributed by atoms with van der Waals surface area (Å²) >= 11 is 0. The zero-order valence-corrected chi connectivity index (χ0v) is 17.0. The Bertz CT molecular complexity index is 1040. The first-order valence-electron chi connectivity index (χ1n) is 9.97. The van der Waals surface area contributed by atoms with E-state index in [0.717, 1.165) is 24.1 Å². The molecule has 8 heteroatoms. The quantitative estimate of drug-likeness (QED) is 0.808. The number of amides is 2. The highest BCUT2D eigenvalue weighted by Gasteiger charge is 2.64. The number of aromatic nitrogens is 2. The molecule has 1 fully saturated rings. The minimum atomic E-state index is -0.683. The smallest absolute Gasteiger partial charge is 0.314 e. The Hall–Kier alpha value is -3.08. The molecule has 2 aliphatic carbocycles. The van der Waals surface area contributed by atoms with Crippen LogP contribution in [0.2, 0.25) is 0 Å². The van der Waals surface area contributed by atoms with E-state index in [1.54, 1.807) is 6.07 Å². The molecule has 2 atom stereocenters. The predicted molar refractivity (Wildman–Crippen MR) is 106 cm³/mol. The summed E-state index contributed by atoms with van der Waals surface area (Å²) in [6.07, 6.45) is 1.86. The lowest BCUT2D eigenvalue weighted by Gasteiger charge is -2.41. The van der Waals surface area contributed by atoms with Gasteiger partial charge in [-0.2, -0.15) is 15.5 Å². The SMILES string of the molecule is CC1(C)[C@H]2CCC1(CN(CCC#N)C(N)=O)c1nnc(-c3c(F)cccc3F)cc12. The van der Waals surface area contributed by atoms with Crippen LogP contribution >= 0.6 is 0 Å². The molecule has 0 aliphatic heterocycles. The van der Waals surface area contributed by atoms with E-state index >= 15 is 0 Å². The van der Waals surface area contributed by atoms with E-state index < -0.39 is 23.1 Å². The maximum absolute atomic E-state index is 14.3. The van der Waals surface area contributed by atoms with Crippen molar-refractivity contribution in [3.05, 3.63) is 47.2 Å². The van der Waals surface area contributed by atoms with Gasteiger partial charge in [-0.3, -0.25) is 0 Å². The highest BCUT2D eigenvalue weighted by atomic mass is 19.1. The molecule has 0 radical (unpaired) electrons. The number of carbonyl (C=O) groups excluding carboxylic acids is 1. The fourth-order valence-corrected chi connectivity index (χ4v) is 5.42. The number of nitrogens with two attached hydrogens (primary N) is 1. The highest BCUT2D eigenvalue weighted by Crippen LogP contribution is 2.67. The molecule has 0 spiro atoms. The van der Waals surface area contributed by atoms with Crippen LogP contribution in [0.25, 0.3) is 11.3 Å².